The van der Waals surface area contributed by atoms with Gasteiger partial charge in [-0.3, -0.25) is 18.9 Å². The van der Waals surface area contributed by atoms with Gasteiger partial charge in [-0.05, 0) is 63.5 Å². The van der Waals surface area contributed by atoms with E-state index in [-0.39, 0.29) is 44.5 Å². The Bertz CT molecular complexity index is 1500. The van der Waals surface area contributed by atoms with Crippen LogP contribution in [0.5, 0.6) is 0 Å². The van der Waals surface area contributed by atoms with Gasteiger partial charge in [0.1, 0.15) is 37.1 Å². The molecule has 1 saturated carbocycles. The van der Waals surface area contributed by atoms with E-state index in [1.165, 1.54) is 11.1 Å². The zero-order valence-electron chi connectivity index (χ0n) is 38.4. The van der Waals surface area contributed by atoms with E-state index in [4.69, 9.17) is 22.9 Å². The molecule has 1 aliphatic carbocycles. The molecule has 1 fully saturated rings. The highest BCUT2D eigenvalue weighted by atomic mass is 31.2. The highest BCUT2D eigenvalue weighted by Gasteiger charge is 2.41. The topological polar surface area (TPSA) is 202 Å². The molecule has 61 heavy (non-hydrogen) atoms. The van der Waals surface area contributed by atoms with E-state index in [1.54, 1.807) is 12.2 Å². The quantitative estimate of drug-likeness (QED) is 0.0207. The number of unbranched alkanes of at least 4 members (excludes halogenated alkanes) is 8. The normalized spacial score (nSPS) is 20.2. The van der Waals surface area contributed by atoms with Gasteiger partial charge >= 0.3 is 11.9 Å². The monoisotopic (exact) mass is 886 g/mol. The predicted octanol–water partition coefficient (Wildman–Crippen LogP) is 7.16. The van der Waals surface area contributed by atoms with Gasteiger partial charge in [0.25, 0.3) is 7.82 Å². The third kappa shape index (κ3) is 23.2. The van der Waals surface area contributed by atoms with Crippen molar-refractivity contribution in [2.75, 3.05) is 47.5 Å². The van der Waals surface area contributed by atoms with E-state index in [9.17, 15) is 39.2 Å². The van der Waals surface area contributed by atoms with Crippen molar-refractivity contribution >= 4 is 25.5 Å². The highest BCUT2D eigenvalue weighted by molar-refractivity contribution is 7.45. The Labute approximate surface area is 365 Å². The van der Waals surface area contributed by atoms with Gasteiger partial charge in [-0.25, -0.2) is 0 Å². The summed E-state index contributed by atoms with van der Waals surface area (Å²) in [6.07, 6.45) is 13.1. The Kier molecular flexibility index (Phi) is 26.1. The van der Waals surface area contributed by atoms with Crippen molar-refractivity contribution in [3.8, 4) is 0 Å². The van der Waals surface area contributed by atoms with E-state index in [0.717, 1.165) is 82.1 Å². The molecule has 0 aliphatic heterocycles. The van der Waals surface area contributed by atoms with Gasteiger partial charge in [-0.15, -0.1) is 0 Å². The second-order valence-corrected chi connectivity index (χ2v) is 19.4. The van der Waals surface area contributed by atoms with Gasteiger partial charge in [0.2, 0.25) is 0 Å². The van der Waals surface area contributed by atoms with Crippen LogP contribution in [0.3, 0.4) is 0 Å². The molecule has 0 aromatic carbocycles. The number of aliphatic hydroxyl groups excluding tert-OH is 3. The first-order chi connectivity index (χ1) is 28.9. The number of esters is 2. The fourth-order valence-electron chi connectivity index (χ4n) is 7.52. The summed E-state index contributed by atoms with van der Waals surface area (Å²) in [5, 5.41) is 31.4. The fourth-order valence-corrected chi connectivity index (χ4v) is 8.25. The number of ether oxygens (including phenoxy) is 2. The summed E-state index contributed by atoms with van der Waals surface area (Å²) in [4.78, 5) is 50.8. The summed E-state index contributed by atoms with van der Waals surface area (Å²) in [5.41, 5.74) is 2.52. The van der Waals surface area contributed by atoms with Crippen molar-refractivity contribution in [3.05, 3.63) is 34.8 Å². The number of furan rings is 1. The number of hydrogen-bond donors (Lipinski definition) is 3. The number of Topliss-reactive ketones (excluding diaryl/α,β-unsaturated/α-hetero) is 1. The van der Waals surface area contributed by atoms with Crippen LogP contribution in [0.2, 0.25) is 0 Å². The highest BCUT2D eigenvalue weighted by Crippen LogP contribution is 2.39. The lowest BCUT2D eigenvalue weighted by molar-refractivity contribution is -0.870. The van der Waals surface area contributed by atoms with E-state index < -0.39 is 69.2 Å². The smallest absolute Gasteiger partial charge is 0.306 e. The molecule has 0 amide bonds. The number of phosphoric ester groups is 1. The Morgan fingerprint density at radius 2 is 1.44 bits per heavy atom. The number of quaternary nitrogens is 1. The standard InChI is InChI=1S/C46H80NO13P/c1-8-10-15-21-36(48)26-27-39-40(42(51)31-41(39)50)30-37(49)22-18-19-25-46(53)59-38(33-58-61(54,55)57-29-28-47(5,6)7)32-56-45(52)24-17-14-12-11-13-16-23-44-35(4)34(3)43(60-44)20-9-2/h26-27,36,38-42,48,50-51H,8-25,28-33H2,1-7H3/b27-26+/t36-,38+,39+,40+,41+,42-/m0/s1. The summed E-state index contributed by atoms with van der Waals surface area (Å²) in [7, 11) is 0.911. The largest absolute Gasteiger partial charge is 0.756 e. The molecule has 15 heteroatoms. The number of aliphatic hydroxyl groups is 3. The molecule has 0 saturated heterocycles. The predicted molar refractivity (Wildman–Crippen MR) is 232 cm³/mol. The zero-order chi connectivity index (χ0) is 45.4. The van der Waals surface area contributed by atoms with E-state index in [0.29, 0.717) is 36.7 Å². The summed E-state index contributed by atoms with van der Waals surface area (Å²) in [6, 6.07) is 0. The molecule has 1 unspecified atom stereocenters. The minimum atomic E-state index is -4.74. The van der Waals surface area contributed by atoms with Gasteiger partial charge in [-0.1, -0.05) is 70.9 Å². The molecule has 14 nitrogen and oxygen atoms in total. The summed E-state index contributed by atoms with van der Waals surface area (Å²) >= 11 is 0. The summed E-state index contributed by atoms with van der Waals surface area (Å²) in [6.45, 7) is 7.80. The molecule has 0 bridgehead atoms. The van der Waals surface area contributed by atoms with Gasteiger partial charge in [0.05, 0.1) is 46.1 Å². The average molecular weight is 886 g/mol. The fraction of sp³-hybridized carbons (Fsp3) is 0.804. The number of rotatable bonds is 34. The van der Waals surface area contributed by atoms with E-state index >= 15 is 0 Å². The first-order valence-corrected chi connectivity index (χ1v) is 24.4. The molecule has 7 atom stereocenters. The van der Waals surface area contributed by atoms with Crippen LogP contribution in [0.15, 0.2) is 16.6 Å². The second-order valence-electron chi connectivity index (χ2n) is 18.0. The molecular weight excluding hydrogens is 805 g/mol. The second kappa shape index (κ2) is 29.1. The van der Waals surface area contributed by atoms with E-state index in [1.807, 2.05) is 21.1 Å². The van der Waals surface area contributed by atoms with Crippen molar-refractivity contribution in [1.82, 2.24) is 0 Å². The van der Waals surface area contributed by atoms with Gasteiger partial charge in [0, 0.05) is 56.8 Å². The van der Waals surface area contributed by atoms with Crippen LogP contribution in [0.25, 0.3) is 0 Å². The number of hydrogen-bond acceptors (Lipinski definition) is 13. The number of phosphoric acid groups is 1. The minimum absolute atomic E-state index is 0.0619. The molecule has 352 valence electrons. The van der Waals surface area contributed by atoms with Crippen molar-refractivity contribution < 1.29 is 66.6 Å². The first-order valence-electron chi connectivity index (χ1n) is 22.9. The molecule has 0 radical (unpaired) electrons. The summed E-state index contributed by atoms with van der Waals surface area (Å²) < 4.78 is 39.9. The number of carbonyl (C=O) groups is 3. The molecule has 0 spiro atoms. The molecule has 1 aliphatic rings. The van der Waals surface area contributed by atoms with Gasteiger partial charge in [-0.2, -0.15) is 0 Å². The van der Waals surface area contributed by atoms with Crippen LogP contribution in [0, 0.1) is 25.7 Å². The lowest BCUT2D eigenvalue weighted by Crippen LogP contribution is -2.37. The van der Waals surface area contributed by atoms with Crippen LogP contribution in [-0.2, 0) is 50.3 Å². The average Bonchev–Trinajstić information content (AvgIpc) is 3.61. The number of aryl methyl sites for hydroxylation is 2. The number of carbonyl (C=O) groups excluding carboxylic acids is 3. The van der Waals surface area contributed by atoms with Crippen LogP contribution in [-0.4, -0.2) is 109 Å². The Hall–Kier alpha value is -2.42. The first kappa shape index (κ1) is 54.7. The van der Waals surface area contributed by atoms with Crippen LogP contribution in [0.1, 0.15) is 152 Å². The Morgan fingerprint density at radius 1 is 0.820 bits per heavy atom. The van der Waals surface area contributed by atoms with Crippen LogP contribution < -0.4 is 4.89 Å². The molecular formula is C46H80NO13P. The maximum absolute atomic E-state index is 12.9. The lowest BCUT2D eigenvalue weighted by atomic mass is 9.87. The van der Waals surface area contributed by atoms with E-state index in [2.05, 4.69) is 27.7 Å². The number of nitrogens with zero attached hydrogens (tertiary/aromatic N) is 1. The third-order valence-electron chi connectivity index (χ3n) is 11.4. The molecule has 1 heterocycles. The molecule has 1 aromatic heterocycles. The molecule has 3 N–H and O–H groups in total. The SMILES string of the molecule is CCCCC[C@H](O)/C=C/[C@@H]1[C@@H](CC(=O)CCCCC(=O)O[C@H](COC(=O)CCCCCCCCc2oc(CCC)c(C)c2C)COP(=O)([O-])OCC[N+](C)(C)C)[C@@H](O)C[C@H]1O. The maximum Gasteiger partial charge on any atom is 0.306 e. The number of ketones is 1. The van der Waals surface area contributed by atoms with Crippen molar-refractivity contribution in [3.63, 3.8) is 0 Å². The van der Waals surface area contributed by atoms with Crippen LogP contribution in [0.4, 0.5) is 0 Å². The summed E-state index contributed by atoms with van der Waals surface area (Å²) in [5.74, 6) is -0.00398. The molecule has 2 rings (SSSR count). The number of likely N-dealkylation sites (N-methyl/N-ethyl adjacent to an activating group) is 1. The Morgan fingerprint density at radius 3 is 2.11 bits per heavy atom. The van der Waals surface area contributed by atoms with Gasteiger partial charge in [0.15, 0.2) is 6.10 Å². The lowest BCUT2D eigenvalue weighted by Gasteiger charge is -2.28. The third-order valence-corrected chi connectivity index (χ3v) is 12.4. The maximum atomic E-state index is 12.9. The van der Waals surface area contributed by atoms with Crippen molar-refractivity contribution in [1.29, 1.82) is 0 Å². The van der Waals surface area contributed by atoms with Crippen LogP contribution >= 0.6 is 7.82 Å². The van der Waals surface area contributed by atoms with Crippen molar-refractivity contribution in [2.45, 2.75) is 181 Å². The minimum Gasteiger partial charge on any atom is -0.756 e. The Balaban J connectivity index is 1.79. The van der Waals surface area contributed by atoms with Crippen molar-refractivity contribution in [2.24, 2.45) is 11.8 Å². The van der Waals surface area contributed by atoms with Gasteiger partial charge < -0.3 is 47.6 Å². The molecule has 1 aromatic rings. The zero-order valence-corrected chi connectivity index (χ0v) is 39.3.